The smallest absolute Gasteiger partial charge is 0.150 e. The van der Waals surface area contributed by atoms with E-state index in [1.807, 2.05) is 0 Å². The van der Waals surface area contributed by atoms with Crippen molar-refractivity contribution in [1.29, 1.82) is 0 Å². The highest BCUT2D eigenvalue weighted by Crippen LogP contribution is 2.37. The molecule has 1 heterocycles. The van der Waals surface area contributed by atoms with Crippen LogP contribution in [0.5, 0.6) is 0 Å². The Morgan fingerprint density at radius 2 is 2.13 bits per heavy atom. The fourth-order valence-corrected chi connectivity index (χ4v) is 2.70. The van der Waals surface area contributed by atoms with Crippen LogP contribution < -0.4 is 0 Å². The zero-order valence-electron chi connectivity index (χ0n) is 7.41. The molecular weight excluding hydrogens is 253 g/mol. The largest absolute Gasteiger partial charge is 0.298 e. The summed E-state index contributed by atoms with van der Waals surface area (Å²) in [6, 6.07) is 5.15. The molecule has 0 N–H and O–H groups in total. The third kappa shape index (κ3) is 1.91. The van der Waals surface area contributed by atoms with E-state index < -0.39 is 0 Å². The van der Waals surface area contributed by atoms with Crippen molar-refractivity contribution in [2.45, 2.75) is 0 Å². The Labute approximate surface area is 100 Å². The summed E-state index contributed by atoms with van der Waals surface area (Å²) in [4.78, 5) is 15.5. The van der Waals surface area contributed by atoms with Crippen molar-refractivity contribution in [3.05, 3.63) is 39.4 Å². The highest BCUT2D eigenvalue weighted by atomic mass is 35.5. The van der Waals surface area contributed by atoms with Crippen LogP contribution in [0.4, 0.5) is 0 Å². The fourth-order valence-electron chi connectivity index (χ4n) is 1.27. The van der Waals surface area contributed by atoms with Crippen LogP contribution in [-0.4, -0.2) is 11.3 Å². The second kappa shape index (κ2) is 4.31. The summed E-state index contributed by atoms with van der Waals surface area (Å²) in [6.07, 6.45) is 0.761. The van der Waals surface area contributed by atoms with Crippen molar-refractivity contribution in [2.75, 3.05) is 0 Å². The number of halogens is 2. The summed E-state index contributed by atoms with van der Waals surface area (Å²) in [6.45, 7) is 0. The predicted molar refractivity (Wildman–Crippen MR) is 63.0 cm³/mol. The van der Waals surface area contributed by atoms with Crippen LogP contribution in [0.3, 0.4) is 0 Å². The van der Waals surface area contributed by atoms with Gasteiger partial charge in [0.05, 0.1) is 15.4 Å². The van der Waals surface area contributed by atoms with E-state index in [-0.39, 0.29) is 0 Å². The number of rotatable bonds is 2. The number of nitrogens with zero attached hydrogens (tertiary/aromatic N) is 1. The third-order valence-corrected chi connectivity index (χ3v) is 3.48. The molecule has 5 heteroatoms. The van der Waals surface area contributed by atoms with Crippen LogP contribution in [0, 0.1) is 0 Å². The average molecular weight is 258 g/mol. The van der Waals surface area contributed by atoms with Crippen molar-refractivity contribution in [1.82, 2.24) is 4.98 Å². The lowest BCUT2D eigenvalue weighted by molar-refractivity contribution is 0.112. The number of hydrogen-bond acceptors (Lipinski definition) is 3. The summed E-state index contributed by atoms with van der Waals surface area (Å²) in [7, 11) is 0. The van der Waals surface area contributed by atoms with Gasteiger partial charge >= 0.3 is 0 Å². The molecule has 0 amide bonds. The topological polar surface area (TPSA) is 30.0 Å². The average Bonchev–Trinajstić information content (AvgIpc) is 2.64. The number of aromatic nitrogens is 1. The van der Waals surface area contributed by atoms with Gasteiger partial charge in [-0.05, 0) is 6.07 Å². The molecule has 0 spiro atoms. The molecule has 0 unspecified atom stereocenters. The van der Waals surface area contributed by atoms with Crippen LogP contribution in [0.25, 0.3) is 10.4 Å². The minimum Gasteiger partial charge on any atom is -0.298 e. The lowest BCUT2D eigenvalue weighted by Crippen LogP contribution is -1.87. The number of thiazole rings is 1. The van der Waals surface area contributed by atoms with Crippen molar-refractivity contribution < 1.29 is 4.79 Å². The number of carbonyl (C=O) groups excluding carboxylic acids is 1. The van der Waals surface area contributed by atoms with E-state index in [9.17, 15) is 4.79 Å². The van der Waals surface area contributed by atoms with Crippen LogP contribution in [0.15, 0.2) is 23.7 Å². The zero-order chi connectivity index (χ0) is 10.8. The van der Waals surface area contributed by atoms with Crippen molar-refractivity contribution in [3.8, 4) is 10.4 Å². The summed E-state index contributed by atoms with van der Waals surface area (Å²) in [5.41, 5.74) is 2.80. The second-order valence-electron chi connectivity index (χ2n) is 2.79. The van der Waals surface area contributed by atoms with Gasteiger partial charge in [-0.15, -0.1) is 11.3 Å². The van der Waals surface area contributed by atoms with Gasteiger partial charge in [0.1, 0.15) is 5.15 Å². The van der Waals surface area contributed by atoms with E-state index >= 15 is 0 Å². The van der Waals surface area contributed by atoms with Gasteiger partial charge in [0.2, 0.25) is 0 Å². The lowest BCUT2D eigenvalue weighted by atomic mass is 10.1. The van der Waals surface area contributed by atoms with Gasteiger partial charge in [0.25, 0.3) is 0 Å². The predicted octanol–water partition coefficient (Wildman–Crippen LogP) is 3.93. The Balaban J connectivity index is 2.71. The van der Waals surface area contributed by atoms with E-state index in [0.717, 1.165) is 11.2 Å². The van der Waals surface area contributed by atoms with E-state index in [1.165, 1.54) is 11.3 Å². The number of hydrogen-bond donors (Lipinski definition) is 0. The minimum absolute atomic E-state index is 0.371. The maximum Gasteiger partial charge on any atom is 0.150 e. The van der Waals surface area contributed by atoms with E-state index in [0.29, 0.717) is 21.3 Å². The fraction of sp³-hybridized carbons (Fsp3) is 0. The Bertz CT molecular complexity index is 510. The molecule has 2 aromatic rings. The van der Waals surface area contributed by atoms with Crippen molar-refractivity contribution in [2.24, 2.45) is 0 Å². The van der Waals surface area contributed by atoms with Crippen molar-refractivity contribution >= 4 is 40.8 Å². The Kier molecular flexibility index (Phi) is 3.05. The number of carbonyl (C=O) groups is 1. The summed E-state index contributed by atoms with van der Waals surface area (Å²) in [5, 5.41) is 0.877. The molecule has 1 aromatic heterocycles. The van der Waals surface area contributed by atoms with Gasteiger partial charge in [0, 0.05) is 11.1 Å². The molecule has 2 rings (SSSR count). The molecular formula is C10H5Cl2NOS. The standard InChI is InChI=1S/C10H5Cl2NOS/c11-7-3-1-2-6(4-14)8(7)9-10(12)13-5-15-9/h1-5H. The first-order chi connectivity index (χ1) is 7.24. The zero-order valence-corrected chi connectivity index (χ0v) is 9.73. The van der Waals surface area contributed by atoms with Gasteiger partial charge in [-0.3, -0.25) is 4.79 Å². The van der Waals surface area contributed by atoms with Gasteiger partial charge in [-0.25, -0.2) is 4.98 Å². The monoisotopic (exact) mass is 257 g/mol. The molecule has 0 saturated heterocycles. The molecule has 0 aliphatic carbocycles. The third-order valence-electron chi connectivity index (χ3n) is 1.92. The first kappa shape index (κ1) is 10.6. The summed E-state index contributed by atoms with van der Waals surface area (Å²) >= 11 is 13.3. The number of aldehydes is 1. The van der Waals surface area contributed by atoms with E-state index in [2.05, 4.69) is 4.98 Å². The highest BCUT2D eigenvalue weighted by molar-refractivity contribution is 7.14. The highest BCUT2D eigenvalue weighted by Gasteiger charge is 2.14. The Morgan fingerprint density at radius 1 is 1.33 bits per heavy atom. The molecule has 1 aromatic carbocycles. The van der Waals surface area contributed by atoms with Gasteiger partial charge in [-0.1, -0.05) is 35.3 Å². The molecule has 0 fully saturated rings. The van der Waals surface area contributed by atoms with Crippen LogP contribution >= 0.6 is 34.5 Å². The van der Waals surface area contributed by atoms with Crippen molar-refractivity contribution in [3.63, 3.8) is 0 Å². The molecule has 2 nitrogen and oxygen atoms in total. The van der Waals surface area contributed by atoms with E-state index in [1.54, 1.807) is 23.7 Å². The molecule has 0 aliphatic rings. The molecule has 0 saturated carbocycles. The van der Waals surface area contributed by atoms with Crippen LogP contribution in [0.1, 0.15) is 10.4 Å². The second-order valence-corrected chi connectivity index (χ2v) is 4.41. The molecule has 0 aliphatic heterocycles. The quantitative estimate of drug-likeness (QED) is 0.764. The van der Waals surface area contributed by atoms with Gasteiger partial charge in [-0.2, -0.15) is 0 Å². The van der Waals surface area contributed by atoms with E-state index in [4.69, 9.17) is 23.2 Å². The van der Waals surface area contributed by atoms with Gasteiger partial charge < -0.3 is 0 Å². The van der Waals surface area contributed by atoms with Gasteiger partial charge in [0.15, 0.2) is 6.29 Å². The molecule has 15 heavy (non-hydrogen) atoms. The molecule has 0 bridgehead atoms. The normalized spacial score (nSPS) is 10.3. The SMILES string of the molecule is O=Cc1cccc(Cl)c1-c1scnc1Cl. The summed E-state index contributed by atoms with van der Waals surface area (Å²) < 4.78 is 0. The lowest BCUT2D eigenvalue weighted by Gasteiger charge is -2.04. The molecule has 0 atom stereocenters. The first-order valence-corrected chi connectivity index (χ1v) is 5.70. The van der Waals surface area contributed by atoms with Crippen LogP contribution in [0.2, 0.25) is 10.2 Å². The first-order valence-electron chi connectivity index (χ1n) is 4.07. The molecule has 76 valence electrons. The molecule has 0 radical (unpaired) electrons. The van der Waals surface area contributed by atoms with Crippen LogP contribution in [-0.2, 0) is 0 Å². The Hall–Kier alpha value is -0.900. The Morgan fingerprint density at radius 3 is 2.73 bits per heavy atom. The maximum atomic E-state index is 10.9. The minimum atomic E-state index is 0.371. The maximum absolute atomic E-state index is 10.9. The summed E-state index contributed by atoms with van der Waals surface area (Å²) in [5.74, 6) is 0. The number of benzene rings is 1.